The van der Waals surface area contributed by atoms with Crippen molar-refractivity contribution in [3.8, 4) is 0 Å². The maximum atomic E-state index is 11.7. The highest BCUT2D eigenvalue weighted by molar-refractivity contribution is 6.36. The van der Waals surface area contributed by atoms with Crippen LogP contribution in [0.4, 0.5) is 5.82 Å². The van der Waals surface area contributed by atoms with Crippen LogP contribution >= 0.6 is 23.2 Å². The molecule has 0 saturated carbocycles. The van der Waals surface area contributed by atoms with Crippen molar-refractivity contribution in [2.45, 2.75) is 6.92 Å². The largest absolute Gasteiger partial charge is 0.329 e. The summed E-state index contributed by atoms with van der Waals surface area (Å²) < 4.78 is 0.983. The molecule has 2 aromatic rings. The third-order valence-electron chi connectivity index (χ3n) is 3.01. The number of anilines is 1. The average molecular weight is 341 g/mol. The first-order valence-corrected chi connectivity index (χ1v) is 7.25. The highest BCUT2D eigenvalue weighted by Gasteiger charge is 2.07. The van der Waals surface area contributed by atoms with Gasteiger partial charge in [0.15, 0.2) is 0 Å². The van der Waals surface area contributed by atoms with Gasteiger partial charge in [0.1, 0.15) is 5.82 Å². The third-order valence-corrected chi connectivity index (χ3v) is 3.57. The molecule has 0 aliphatic rings. The highest BCUT2D eigenvalue weighted by Crippen LogP contribution is 2.19. The van der Waals surface area contributed by atoms with Crippen LogP contribution in [0, 0.1) is 0 Å². The first-order valence-electron chi connectivity index (χ1n) is 6.49. The number of aromatic nitrogens is 2. The molecular weight excluding hydrogens is 327 g/mol. The second-order valence-corrected chi connectivity index (χ2v) is 5.33. The number of hydrogen-bond donors (Lipinski definition) is 1. The van der Waals surface area contributed by atoms with Gasteiger partial charge in [-0.25, -0.2) is 9.80 Å². The second-order valence-electron chi connectivity index (χ2n) is 4.48. The predicted octanol–water partition coefficient (Wildman–Crippen LogP) is 2.24. The minimum Gasteiger partial charge on any atom is -0.292 e. The van der Waals surface area contributed by atoms with Crippen molar-refractivity contribution in [3.63, 3.8) is 0 Å². The van der Waals surface area contributed by atoms with Crippen molar-refractivity contribution in [1.82, 2.24) is 9.55 Å². The van der Waals surface area contributed by atoms with E-state index in [2.05, 4.69) is 10.1 Å². The monoisotopic (exact) mass is 340 g/mol. The van der Waals surface area contributed by atoms with Crippen molar-refractivity contribution in [3.05, 3.63) is 60.7 Å². The lowest BCUT2D eigenvalue weighted by atomic mass is 10.2. The molecule has 116 valence electrons. The minimum absolute atomic E-state index is 0.317. The van der Waals surface area contributed by atoms with E-state index in [-0.39, 0.29) is 0 Å². The topological polar surface area (TPSA) is 70.5 Å². The van der Waals surface area contributed by atoms with Crippen LogP contribution in [0.5, 0.6) is 0 Å². The van der Waals surface area contributed by atoms with Crippen LogP contribution in [0.25, 0.3) is 0 Å². The Bertz CT molecular complexity index is 795. The summed E-state index contributed by atoms with van der Waals surface area (Å²) in [6.45, 7) is 2.31. The molecule has 1 aromatic carbocycles. The molecule has 2 rings (SSSR count). The van der Waals surface area contributed by atoms with Crippen molar-refractivity contribution in [2.24, 2.45) is 12.1 Å². The molecule has 0 radical (unpaired) electrons. The fraction of sp³-hybridized carbons (Fsp3) is 0.214. The molecule has 0 aliphatic heterocycles. The third kappa shape index (κ3) is 3.58. The fourth-order valence-corrected chi connectivity index (χ4v) is 2.19. The van der Waals surface area contributed by atoms with Gasteiger partial charge >= 0.3 is 5.69 Å². The summed E-state index contributed by atoms with van der Waals surface area (Å²) in [5.74, 6) is 0.317. The van der Waals surface area contributed by atoms with Gasteiger partial charge in [-0.2, -0.15) is 5.10 Å². The summed E-state index contributed by atoms with van der Waals surface area (Å²) in [7, 11) is 1.40. The minimum atomic E-state index is -0.499. The van der Waals surface area contributed by atoms with E-state index in [4.69, 9.17) is 23.2 Å². The van der Waals surface area contributed by atoms with E-state index < -0.39 is 11.2 Å². The molecule has 0 aliphatic carbocycles. The van der Waals surface area contributed by atoms with Gasteiger partial charge < -0.3 is 0 Å². The van der Waals surface area contributed by atoms with Crippen LogP contribution in [0.2, 0.25) is 10.0 Å². The molecule has 0 amide bonds. The lowest BCUT2D eigenvalue weighted by molar-refractivity contribution is 0.756. The molecule has 0 fully saturated rings. The molecule has 1 N–H and O–H groups in total. The fourth-order valence-electron chi connectivity index (χ4n) is 1.73. The lowest BCUT2D eigenvalue weighted by Crippen LogP contribution is -2.34. The summed E-state index contributed by atoms with van der Waals surface area (Å²) in [5.41, 5.74) is -0.228. The smallest absolute Gasteiger partial charge is 0.292 e. The van der Waals surface area contributed by atoms with Gasteiger partial charge in [-0.15, -0.1) is 0 Å². The van der Waals surface area contributed by atoms with Gasteiger partial charge in [0.05, 0.1) is 11.2 Å². The SMILES string of the molecule is CCN(N=Cc1ccc(Cl)cc1Cl)c1cc(=O)n(C)c(=O)[nH]1. The molecule has 0 atom stereocenters. The summed E-state index contributed by atoms with van der Waals surface area (Å²) in [6, 6.07) is 6.35. The van der Waals surface area contributed by atoms with E-state index in [1.165, 1.54) is 24.3 Å². The zero-order valence-corrected chi connectivity index (χ0v) is 13.5. The van der Waals surface area contributed by atoms with Crippen LogP contribution in [0.1, 0.15) is 12.5 Å². The molecule has 0 spiro atoms. The Balaban J connectivity index is 2.35. The van der Waals surface area contributed by atoms with Crippen LogP contribution < -0.4 is 16.3 Å². The Morgan fingerprint density at radius 2 is 2.05 bits per heavy atom. The molecular formula is C14H14Cl2N4O2. The number of aromatic amines is 1. The number of hydrogen-bond acceptors (Lipinski definition) is 4. The Morgan fingerprint density at radius 3 is 2.64 bits per heavy atom. The molecule has 1 aromatic heterocycles. The molecule has 6 nitrogen and oxygen atoms in total. The van der Waals surface area contributed by atoms with Gasteiger partial charge in [-0.05, 0) is 19.1 Å². The van der Waals surface area contributed by atoms with Crippen molar-refractivity contribution in [2.75, 3.05) is 11.6 Å². The van der Waals surface area contributed by atoms with Gasteiger partial charge in [-0.1, -0.05) is 29.3 Å². The number of rotatable bonds is 4. The van der Waals surface area contributed by atoms with Gasteiger partial charge in [0, 0.05) is 30.2 Å². The zero-order chi connectivity index (χ0) is 16.3. The first kappa shape index (κ1) is 16.3. The number of halogens is 2. The quantitative estimate of drug-likeness (QED) is 0.685. The Morgan fingerprint density at radius 1 is 1.32 bits per heavy atom. The number of nitrogens with zero attached hydrogens (tertiary/aromatic N) is 3. The second kappa shape index (κ2) is 6.81. The van der Waals surface area contributed by atoms with Crippen LogP contribution in [-0.2, 0) is 7.05 Å². The number of nitrogens with one attached hydrogen (secondary N) is 1. The van der Waals surface area contributed by atoms with Crippen LogP contribution in [0.15, 0.2) is 39.0 Å². The first-order chi connectivity index (χ1) is 10.4. The number of benzene rings is 1. The summed E-state index contributed by atoms with van der Waals surface area (Å²) >= 11 is 11.9. The maximum absolute atomic E-state index is 11.7. The summed E-state index contributed by atoms with van der Waals surface area (Å²) in [6.07, 6.45) is 1.54. The molecule has 1 heterocycles. The van der Waals surface area contributed by atoms with Crippen LogP contribution in [-0.4, -0.2) is 22.3 Å². The van der Waals surface area contributed by atoms with E-state index in [0.717, 1.165) is 4.57 Å². The number of H-pyrrole nitrogens is 1. The predicted molar refractivity (Wildman–Crippen MR) is 89.4 cm³/mol. The molecule has 0 unspecified atom stereocenters. The lowest BCUT2D eigenvalue weighted by Gasteiger charge is -2.16. The number of hydrazone groups is 1. The molecule has 0 saturated heterocycles. The summed E-state index contributed by atoms with van der Waals surface area (Å²) in [5, 5.41) is 6.74. The molecule has 8 heteroatoms. The van der Waals surface area contributed by atoms with Gasteiger partial charge in [-0.3, -0.25) is 14.3 Å². The van der Waals surface area contributed by atoms with Gasteiger partial charge in [0.2, 0.25) is 0 Å². The van der Waals surface area contributed by atoms with Crippen LogP contribution in [0.3, 0.4) is 0 Å². The Kier molecular flexibility index (Phi) is 5.05. The summed E-state index contributed by atoms with van der Waals surface area (Å²) in [4.78, 5) is 25.9. The van der Waals surface area contributed by atoms with Crippen molar-refractivity contribution >= 4 is 35.2 Å². The molecule has 0 bridgehead atoms. The van der Waals surface area contributed by atoms with Crippen molar-refractivity contribution < 1.29 is 0 Å². The van der Waals surface area contributed by atoms with E-state index in [0.29, 0.717) is 28.0 Å². The Labute approximate surface area is 136 Å². The van der Waals surface area contributed by atoms with E-state index >= 15 is 0 Å². The zero-order valence-electron chi connectivity index (χ0n) is 12.0. The highest BCUT2D eigenvalue weighted by atomic mass is 35.5. The standard InChI is InChI=1S/C14H14Cl2N4O2/c1-3-20(12-7-13(21)19(2)14(22)18-12)17-8-9-4-5-10(15)6-11(9)16/h4-8H,3H2,1-2H3,(H,18,22). The van der Waals surface area contributed by atoms with E-state index in [1.54, 1.807) is 18.2 Å². The Hall–Kier alpha value is -2.05. The normalized spacial score (nSPS) is 11.1. The molecule has 22 heavy (non-hydrogen) atoms. The van der Waals surface area contributed by atoms with Crippen molar-refractivity contribution in [1.29, 1.82) is 0 Å². The average Bonchev–Trinajstić information content (AvgIpc) is 2.47. The van der Waals surface area contributed by atoms with E-state index in [9.17, 15) is 9.59 Å². The van der Waals surface area contributed by atoms with Gasteiger partial charge in [0.25, 0.3) is 5.56 Å². The maximum Gasteiger partial charge on any atom is 0.329 e. The van der Waals surface area contributed by atoms with E-state index in [1.807, 2.05) is 6.92 Å².